The van der Waals surface area contributed by atoms with Crippen LogP contribution in [-0.4, -0.2) is 36.9 Å². The third-order valence-corrected chi connectivity index (χ3v) is 3.89. The summed E-state index contributed by atoms with van der Waals surface area (Å²) < 4.78 is 10.2. The molecule has 0 aliphatic carbocycles. The van der Waals surface area contributed by atoms with Crippen molar-refractivity contribution < 1.29 is 23.9 Å². The number of hydrogen-bond acceptors (Lipinski definition) is 5. The molecule has 6 nitrogen and oxygen atoms in total. The van der Waals surface area contributed by atoms with Gasteiger partial charge in [0.05, 0.1) is 0 Å². The Balaban J connectivity index is 1.79. The van der Waals surface area contributed by atoms with Crippen molar-refractivity contribution in [3.8, 4) is 5.75 Å². The van der Waals surface area contributed by atoms with E-state index in [4.69, 9.17) is 9.47 Å². The molecule has 0 fully saturated rings. The molecule has 2 aromatic rings. The molecule has 1 amide bonds. The van der Waals surface area contributed by atoms with Crippen molar-refractivity contribution in [2.24, 2.45) is 0 Å². The summed E-state index contributed by atoms with van der Waals surface area (Å²) in [7, 11) is 0. The summed E-state index contributed by atoms with van der Waals surface area (Å²) in [5.41, 5.74) is 1.13. The van der Waals surface area contributed by atoms with E-state index in [2.05, 4.69) is 5.32 Å². The Morgan fingerprint density at radius 3 is 2.19 bits per heavy atom. The van der Waals surface area contributed by atoms with Crippen molar-refractivity contribution in [3.05, 3.63) is 65.7 Å². The molecule has 2 rings (SSSR count). The van der Waals surface area contributed by atoms with E-state index in [0.717, 1.165) is 6.42 Å². The quantitative estimate of drug-likeness (QED) is 0.543. The first-order valence-corrected chi connectivity index (χ1v) is 8.77. The topological polar surface area (TPSA) is 81.7 Å². The largest absolute Gasteiger partial charge is 0.482 e. The van der Waals surface area contributed by atoms with Gasteiger partial charge in [0.2, 0.25) is 0 Å². The summed E-state index contributed by atoms with van der Waals surface area (Å²) in [5, 5.41) is 2.70. The van der Waals surface area contributed by atoms with Crippen LogP contribution in [0.3, 0.4) is 0 Å². The molecule has 0 radical (unpaired) electrons. The molecule has 0 saturated heterocycles. The van der Waals surface area contributed by atoms with Crippen LogP contribution in [0.15, 0.2) is 54.6 Å². The Morgan fingerprint density at radius 1 is 0.926 bits per heavy atom. The van der Waals surface area contributed by atoms with Crippen LogP contribution >= 0.6 is 0 Å². The number of ketones is 1. The van der Waals surface area contributed by atoms with Crippen LogP contribution < -0.4 is 10.1 Å². The summed E-state index contributed by atoms with van der Waals surface area (Å²) >= 11 is 0. The average Bonchev–Trinajstić information content (AvgIpc) is 2.71. The van der Waals surface area contributed by atoms with Gasteiger partial charge in [-0.05, 0) is 37.6 Å². The van der Waals surface area contributed by atoms with E-state index in [1.54, 1.807) is 48.5 Å². The molecule has 6 heteroatoms. The van der Waals surface area contributed by atoms with Gasteiger partial charge >= 0.3 is 5.97 Å². The van der Waals surface area contributed by atoms with Gasteiger partial charge in [-0.15, -0.1) is 0 Å². The van der Waals surface area contributed by atoms with E-state index in [1.165, 1.54) is 0 Å². The second-order valence-corrected chi connectivity index (χ2v) is 6.05. The number of rotatable bonds is 9. The first-order valence-electron chi connectivity index (χ1n) is 8.77. The van der Waals surface area contributed by atoms with E-state index < -0.39 is 5.97 Å². The van der Waals surface area contributed by atoms with Crippen molar-refractivity contribution >= 4 is 17.7 Å². The number of amides is 1. The minimum absolute atomic E-state index is 0.0320. The van der Waals surface area contributed by atoms with Crippen LogP contribution in [0, 0.1) is 0 Å². The lowest BCUT2D eigenvalue weighted by Crippen LogP contribution is -2.35. The molecular weight excluding hydrogens is 346 g/mol. The zero-order chi connectivity index (χ0) is 19.6. The molecule has 142 valence electrons. The number of esters is 1. The van der Waals surface area contributed by atoms with E-state index in [9.17, 15) is 14.4 Å². The van der Waals surface area contributed by atoms with Gasteiger partial charge in [0.1, 0.15) is 5.75 Å². The zero-order valence-corrected chi connectivity index (χ0v) is 15.4. The molecule has 0 aromatic heterocycles. The molecule has 1 N–H and O–H groups in total. The Hall–Kier alpha value is -3.15. The van der Waals surface area contributed by atoms with Gasteiger partial charge in [-0.2, -0.15) is 0 Å². The normalized spacial score (nSPS) is 11.3. The average molecular weight is 369 g/mol. The predicted octanol–water partition coefficient (Wildman–Crippen LogP) is 2.75. The van der Waals surface area contributed by atoms with Gasteiger partial charge in [-0.25, -0.2) is 4.79 Å². The molecule has 0 unspecified atom stereocenters. The molecule has 0 aliphatic heterocycles. The summed E-state index contributed by atoms with van der Waals surface area (Å²) in [5.74, 6) is -0.644. The second-order valence-electron chi connectivity index (χ2n) is 6.05. The van der Waals surface area contributed by atoms with Gasteiger partial charge in [0.15, 0.2) is 19.0 Å². The van der Waals surface area contributed by atoms with Crippen LogP contribution in [-0.2, 0) is 14.3 Å². The summed E-state index contributed by atoms with van der Waals surface area (Å²) in [6, 6.07) is 15.5. The van der Waals surface area contributed by atoms with E-state index >= 15 is 0 Å². The maximum Gasteiger partial charge on any atom is 0.344 e. The van der Waals surface area contributed by atoms with Gasteiger partial charge in [-0.1, -0.05) is 37.3 Å². The fourth-order valence-electron chi connectivity index (χ4n) is 2.21. The predicted molar refractivity (Wildman–Crippen MR) is 101 cm³/mol. The third kappa shape index (κ3) is 6.58. The highest BCUT2D eigenvalue weighted by molar-refractivity contribution is 6.08. The Labute approximate surface area is 158 Å². The third-order valence-electron chi connectivity index (χ3n) is 3.89. The zero-order valence-electron chi connectivity index (χ0n) is 15.4. The highest BCUT2D eigenvalue weighted by atomic mass is 16.6. The maximum atomic E-state index is 12.3. The van der Waals surface area contributed by atoms with Crippen LogP contribution in [0.25, 0.3) is 0 Å². The summed E-state index contributed by atoms with van der Waals surface area (Å²) in [4.78, 5) is 35.5. The van der Waals surface area contributed by atoms with Crippen molar-refractivity contribution in [2.75, 3.05) is 13.2 Å². The van der Waals surface area contributed by atoms with Crippen molar-refractivity contribution in [3.63, 3.8) is 0 Å². The smallest absolute Gasteiger partial charge is 0.344 e. The Morgan fingerprint density at radius 2 is 1.56 bits per heavy atom. The number of benzene rings is 2. The highest BCUT2D eigenvalue weighted by Gasteiger charge is 2.11. The van der Waals surface area contributed by atoms with Crippen LogP contribution in [0.5, 0.6) is 5.75 Å². The first-order chi connectivity index (χ1) is 13.0. The maximum absolute atomic E-state index is 12.3. The second kappa shape index (κ2) is 10.1. The van der Waals surface area contributed by atoms with Gasteiger partial charge in [0, 0.05) is 17.2 Å². The van der Waals surface area contributed by atoms with Crippen molar-refractivity contribution in [1.82, 2.24) is 5.32 Å². The van der Waals surface area contributed by atoms with Crippen LogP contribution in [0.4, 0.5) is 0 Å². The number of ether oxygens (including phenoxy) is 2. The lowest BCUT2D eigenvalue weighted by molar-refractivity contribution is -0.150. The van der Waals surface area contributed by atoms with Gasteiger partial charge < -0.3 is 14.8 Å². The van der Waals surface area contributed by atoms with Crippen LogP contribution in [0.2, 0.25) is 0 Å². The number of carbonyl (C=O) groups is 3. The molecule has 0 bridgehead atoms. The van der Waals surface area contributed by atoms with Gasteiger partial charge in [-0.3, -0.25) is 9.59 Å². The number of carbonyl (C=O) groups excluding carboxylic acids is 3. The highest BCUT2D eigenvalue weighted by Crippen LogP contribution is 2.15. The van der Waals surface area contributed by atoms with Crippen molar-refractivity contribution in [1.29, 1.82) is 0 Å². The Bertz CT molecular complexity index is 771. The summed E-state index contributed by atoms with van der Waals surface area (Å²) in [6.45, 7) is 3.16. The monoisotopic (exact) mass is 369 g/mol. The van der Waals surface area contributed by atoms with E-state index in [-0.39, 0.29) is 30.9 Å². The lowest BCUT2D eigenvalue weighted by atomic mass is 10.0. The number of hydrogen-bond donors (Lipinski definition) is 1. The molecule has 2 aromatic carbocycles. The number of nitrogens with one attached hydrogen (secondary N) is 1. The molecule has 0 heterocycles. The van der Waals surface area contributed by atoms with E-state index in [1.807, 2.05) is 19.9 Å². The van der Waals surface area contributed by atoms with Gasteiger partial charge in [0.25, 0.3) is 5.91 Å². The minimum atomic E-state index is -0.640. The fraction of sp³-hybridized carbons (Fsp3) is 0.286. The summed E-state index contributed by atoms with van der Waals surface area (Å²) in [6.07, 6.45) is 0.797. The SMILES string of the molecule is CC[C@H](C)NC(=O)COC(=O)COc1ccc(C(=O)c2ccccc2)cc1. The molecule has 0 aliphatic rings. The molecule has 0 saturated carbocycles. The molecule has 0 spiro atoms. The Kier molecular flexibility index (Phi) is 7.55. The lowest BCUT2D eigenvalue weighted by Gasteiger charge is -2.11. The standard InChI is InChI=1S/C21H23NO5/c1-3-15(2)22-19(23)13-27-20(24)14-26-18-11-9-17(10-12-18)21(25)16-7-5-4-6-8-16/h4-12,15H,3,13-14H2,1-2H3,(H,22,23)/t15-/m0/s1. The van der Waals surface area contributed by atoms with Crippen LogP contribution in [0.1, 0.15) is 36.2 Å². The molecular formula is C21H23NO5. The molecule has 1 atom stereocenters. The fourth-order valence-corrected chi connectivity index (χ4v) is 2.21. The van der Waals surface area contributed by atoms with Crippen molar-refractivity contribution in [2.45, 2.75) is 26.3 Å². The molecule has 27 heavy (non-hydrogen) atoms. The minimum Gasteiger partial charge on any atom is -0.482 e. The first kappa shape index (κ1) is 20.2. The van der Waals surface area contributed by atoms with E-state index in [0.29, 0.717) is 16.9 Å².